The van der Waals surface area contributed by atoms with E-state index in [4.69, 9.17) is 0 Å². The van der Waals surface area contributed by atoms with Gasteiger partial charge in [-0.3, -0.25) is 4.79 Å². The van der Waals surface area contributed by atoms with Crippen molar-refractivity contribution in [2.45, 2.75) is 43.5 Å². The second-order valence-electron chi connectivity index (χ2n) is 8.87. The standard InChI is InChI=1S/C25H31N5O3S/c1-19-12-16-30(17-13-19)25(31)23(8-4-14-26-24-9-5-15-27-28-24)29-34(32,33)22-11-10-20-6-2-3-7-21(20)18-22/h2-3,5-7,9-11,15,18-19,23,29H,4,8,12-14,16-17H2,1H3,(H,26,28). The molecular formula is C25H31N5O3S. The summed E-state index contributed by atoms with van der Waals surface area (Å²) in [4.78, 5) is 15.3. The van der Waals surface area contributed by atoms with Crippen molar-refractivity contribution in [3.63, 3.8) is 0 Å². The predicted octanol–water partition coefficient (Wildman–Crippen LogP) is 3.43. The molecule has 1 amide bonds. The summed E-state index contributed by atoms with van der Waals surface area (Å²) in [5.41, 5.74) is 0. The average Bonchev–Trinajstić information content (AvgIpc) is 2.86. The van der Waals surface area contributed by atoms with Crippen molar-refractivity contribution in [1.29, 1.82) is 0 Å². The number of hydrogen-bond acceptors (Lipinski definition) is 6. The molecule has 8 nitrogen and oxygen atoms in total. The number of nitrogens with one attached hydrogen (secondary N) is 2. The van der Waals surface area contributed by atoms with Crippen LogP contribution in [0.4, 0.5) is 5.82 Å². The molecule has 0 aliphatic carbocycles. The number of nitrogens with zero attached hydrogens (tertiary/aromatic N) is 3. The van der Waals surface area contributed by atoms with Crippen molar-refractivity contribution >= 4 is 32.5 Å². The van der Waals surface area contributed by atoms with Crippen LogP contribution in [0.2, 0.25) is 0 Å². The molecule has 0 radical (unpaired) electrons. The molecule has 2 heterocycles. The molecule has 1 unspecified atom stereocenters. The Morgan fingerprint density at radius 3 is 2.59 bits per heavy atom. The third kappa shape index (κ3) is 6.09. The molecule has 0 spiro atoms. The highest BCUT2D eigenvalue weighted by atomic mass is 32.2. The number of carbonyl (C=O) groups is 1. The summed E-state index contributed by atoms with van der Waals surface area (Å²) in [6.07, 6.45) is 4.44. The van der Waals surface area contributed by atoms with Crippen LogP contribution >= 0.6 is 0 Å². The van der Waals surface area contributed by atoms with Gasteiger partial charge in [0.25, 0.3) is 0 Å². The van der Waals surface area contributed by atoms with Crippen LogP contribution in [0.15, 0.2) is 65.7 Å². The molecule has 9 heteroatoms. The minimum atomic E-state index is -3.87. The topological polar surface area (TPSA) is 104 Å². The Kier molecular flexibility index (Phi) is 7.74. The number of hydrogen-bond donors (Lipinski definition) is 2. The molecule has 2 N–H and O–H groups in total. The zero-order chi connectivity index (χ0) is 24.0. The van der Waals surface area contributed by atoms with Crippen molar-refractivity contribution in [1.82, 2.24) is 19.8 Å². The summed E-state index contributed by atoms with van der Waals surface area (Å²) >= 11 is 0. The predicted molar refractivity (Wildman–Crippen MR) is 133 cm³/mol. The van der Waals surface area contributed by atoms with Crippen molar-refractivity contribution in [2.75, 3.05) is 25.0 Å². The average molecular weight is 482 g/mol. The minimum absolute atomic E-state index is 0.157. The number of benzene rings is 2. The summed E-state index contributed by atoms with van der Waals surface area (Å²) in [5.74, 6) is 1.07. The molecule has 0 bridgehead atoms. The van der Waals surface area contributed by atoms with E-state index in [-0.39, 0.29) is 10.8 Å². The lowest BCUT2D eigenvalue weighted by Crippen LogP contribution is -2.50. The van der Waals surface area contributed by atoms with Crippen LogP contribution in [0.5, 0.6) is 0 Å². The van der Waals surface area contributed by atoms with E-state index in [1.807, 2.05) is 30.3 Å². The summed E-state index contributed by atoms with van der Waals surface area (Å²) in [6, 6.07) is 15.4. The van der Waals surface area contributed by atoms with E-state index in [1.165, 1.54) is 0 Å². The Labute approximate surface area is 200 Å². The van der Waals surface area contributed by atoms with Gasteiger partial charge < -0.3 is 10.2 Å². The highest BCUT2D eigenvalue weighted by Gasteiger charge is 2.30. The van der Waals surface area contributed by atoms with E-state index in [2.05, 4.69) is 27.2 Å². The summed E-state index contributed by atoms with van der Waals surface area (Å²) in [7, 11) is -3.87. The van der Waals surface area contributed by atoms with Gasteiger partial charge in [0.2, 0.25) is 15.9 Å². The maximum absolute atomic E-state index is 13.3. The van der Waals surface area contributed by atoms with Gasteiger partial charge in [-0.1, -0.05) is 37.3 Å². The van der Waals surface area contributed by atoms with Gasteiger partial charge in [0.05, 0.1) is 4.90 Å². The van der Waals surface area contributed by atoms with Crippen LogP contribution < -0.4 is 10.0 Å². The largest absolute Gasteiger partial charge is 0.369 e. The number of anilines is 1. The van der Waals surface area contributed by atoms with Gasteiger partial charge in [-0.05, 0) is 66.6 Å². The van der Waals surface area contributed by atoms with Crippen LogP contribution in [0, 0.1) is 5.92 Å². The molecular weight excluding hydrogens is 450 g/mol. The highest BCUT2D eigenvalue weighted by molar-refractivity contribution is 7.89. The van der Waals surface area contributed by atoms with Crippen LogP contribution in [-0.2, 0) is 14.8 Å². The fraction of sp³-hybridized carbons (Fsp3) is 0.400. The number of amides is 1. The van der Waals surface area contributed by atoms with E-state index in [9.17, 15) is 13.2 Å². The van der Waals surface area contributed by atoms with Gasteiger partial charge in [0.1, 0.15) is 11.9 Å². The fourth-order valence-electron chi connectivity index (χ4n) is 4.19. The molecule has 1 fully saturated rings. The second kappa shape index (κ2) is 10.9. The van der Waals surface area contributed by atoms with Gasteiger partial charge in [0, 0.05) is 25.8 Å². The zero-order valence-corrected chi connectivity index (χ0v) is 20.2. The van der Waals surface area contributed by atoms with Gasteiger partial charge in [0.15, 0.2) is 0 Å². The number of likely N-dealkylation sites (tertiary alicyclic amines) is 1. The maximum atomic E-state index is 13.3. The number of aromatic nitrogens is 2. The Morgan fingerprint density at radius 1 is 1.09 bits per heavy atom. The van der Waals surface area contributed by atoms with E-state index < -0.39 is 16.1 Å². The number of carbonyl (C=O) groups excluding carboxylic acids is 1. The number of rotatable bonds is 9. The maximum Gasteiger partial charge on any atom is 0.241 e. The summed E-state index contributed by atoms with van der Waals surface area (Å²) < 4.78 is 29.2. The zero-order valence-electron chi connectivity index (χ0n) is 19.4. The van der Waals surface area contributed by atoms with Crippen molar-refractivity contribution in [3.8, 4) is 0 Å². The molecule has 180 valence electrons. The number of sulfonamides is 1. The molecule has 1 aliphatic heterocycles. The third-order valence-electron chi connectivity index (χ3n) is 6.27. The van der Waals surface area contributed by atoms with E-state index >= 15 is 0 Å². The minimum Gasteiger partial charge on any atom is -0.369 e. The molecule has 4 rings (SSSR count). The monoisotopic (exact) mass is 481 g/mol. The number of fused-ring (bicyclic) bond motifs is 1. The van der Waals surface area contributed by atoms with Gasteiger partial charge in [-0.2, -0.15) is 9.82 Å². The lowest BCUT2D eigenvalue weighted by molar-refractivity contribution is -0.134. The normalized spacial score (nSPS) is 15.9. The van der Waals surface area contributed by atoms with Crippen LogP contribution in [0.25, 0.3) is 10.8 Å². The molecule has 2 aromatic carbocycles. The van der Waals surface area contributed by atoms with Crippen molar-refractivity contribution < 1.29 is 13.2 Å². The van der Waals surface area contributed by atoms with E-state index in [1.54, 1.807) is 35.4 Å². The van der Waals surface area contributed by atoms with E-state index in [0.29, 0.717) is 44.2 Å². The smallest absolute Gasteiger partial charge is 0.241 e. The third-order valence-corrected chi connectivity index (χ3v) is 7.74. The molecule has 1 atom stereocenters. The molecule has 1 aromatic heterocycles. The van der Waals surface area contributed by atoms with Crippen molar-refractivity contribution in [3.05, 3.63) is 60.8 Å². The molecule has 3 aromatic rings. The Morgan fingerprint density at radius 2 is 1.85 bits per heavy atom. The first kappa shape index (κ1) is 24.1. The highest BCUT2D eigenvalue weighted by Crippen LogP contribution is 2.21. The first-order chi connectivity index (χ1) is 16.4. The molecule has 1 saturated heterocycles. The van der Waals surface area contributed by atoms with Gasteiger partial charge in [-0.25, -0.2) is 8.42 Å². The lowest BCUT2D eigenvalue weighted by atomic mass is 9.98. The quantitative estimate of drug-likeness (QED) is 0.454. The summed E-state index contributed by atoms with van der Waals surface area (Å²) in [5, 5.41) is 12.8. The van der Waals surface area contributed by atoms with Crippen LogP contribution in [-0.4, -0.2) is 55.1 Å². The van der Waals surface area contributed by atoms with Crippen molar-refractivity contribution in [2.24, 2.45) is 5.92 Å². The molecule has 34 heavy (non-hydrogen) atoms. The summed E-state index contributed by atoms with van der Waals surface area (Å²) in [6.45, 7) is 4.05. The Bertz CT molecular complexity index is 1210. The number of piperidine rings is 1. The van der Waals surface area contributed by atoms with Gasteiger partial charge >= 0.3 is 0 Å². The fourth-order valence-corrected chi connectivity index (χ4v) is 5.45. The van der Waals surface area contributed by atoms with Crippen LogP contribution in [0.1, 0.15) is 32.6 Å². The first-order valence-electron chi connectivity index (χ1n) is 11.7. The molecule has 1 aliphatic rings. The Hall–Kier alpha value is -3.04. The Balaban J connectivity index is 1.47. The second-order valence-corrected chi connectivity index (χ2v) is 10.6. The molecule has 0 saturated carbocycles. The SMILES string of the molecule is CC1CCN(C(=O)C(CCCNc2cccnn2)NS(=O)(=O)c2ccc3ccccc3c2)CC1. The van der Waals surface area contributed by atoms with Crippen LogP contribution in [0.3, 0.4) is 0 Å². The first-order valence-corrected chi connectivity index (χ1v) is 13.2. The van der Waals surface area contributed by atoms with Gasteiger partial charge in [-0.15, -0.1) is 5.10 Å². The van der Waals surface area contributed by atoms with E-state index in [0.717, 1.165) is 23.6 Å². The lowest BCUT2D eigenvalue weighted by Gasteiger charge is -2.33.